The van der Waals surface area contributed by atoms with E-state index in [-0.39, 0.29) is 24.6 Å². The molecule has 2 aromatic rings. The molecule has 0 bridgehead atoms. The van der Waals surface area contributed by atoms with Crippen molar-refractivity contribution in [2.45, 2.75) is 77.0 Å². The summed E-state index contributed by atoms with van der Waals surface area (Å²) in [4.78, 5) is 64.6. The van der Waals surface area contributed by atoms with Crippen LogP contribution in [0.3, 0.4) is 0 Å². The summed E-state index contributed by atoms with van der Waals surface area (Å²) in [5.74, 6) is -1.80. The molecule has 1 aromatic carbocycles. The molecule has 0 aliphatic carbocycles. The minimum absolute atomic E-state index is 0.202. The molecule has 12 heteroatoms. The molecule has 1 unspecified atom stereocenters. The van der Waals surface area contributed by atoms with Gasteiger partial charge in [-0.25, -0.2) is 14.4 Å². The summed E-state index contributed by atoms with van der Waals surface area (Å²) in [5, 5.41) is 12.0. The maximum Gasteiger partial charge on any atom is 0.411 e. The zero-order valence-electron chi connectivity index (χ0n) is 23.6. The monoisotopic (exact) mass is 557 g/mol. The van der Waals surface area contributed by atoms with E-state index in [1.165, 1.54) is 9.47 Å². The molecule has 2 aliphatic heterocycles. The standard InChI is InChI=1S/C28H39N5O7/c1-28(2,3)40-27(39)32-15-14-31(17-22(32)25(36)37)13-7-5-6-8-18-9-10-19-21(16-18)30(4)26(38)33(19)20-11-12-23(34)29-24(20)35/h9-10,16,20,22H,5-8,11-15,17H2,1-4H3,(H,36,37)(H,29,34,35)/t20?,22-/m1/s1. The number of aromatic nitrogens is 2. The smallest absolute Gasteiger partial charge is 0.411 e. The Balaban J connectivity index is 1.29. The van der Waals surface area contributed by atoms with Gasteiger partial charge in [0.25, 0.3) is 0 Å². The molecule has 3 amide bonds. The Morgan fingerprint density at radius 2 is 1.82 bits per heavy atom. The van der Waals surface area contributed by atoms with Crippen LogP contribution in [0.2, 0.25) is 0 Å². The van der Waals surface area contributed by atoms with E-state index in [4.69, 9.17) is 4.74 Å². The fourth-order valence-electron chi connectivity index (χ4n) is 5.43. The van der Waals surface area contributed by atoms with Crippen molar-refractivity contribution in [3.63, 3.8) is 0 Å². The predicted molar refractivity (Wildman–Crippen MR) is 147 cm³/mol. The van der Waals surface area contributed by atoms with Crippen LogP contribution >= 0.6 is 0 Å². The van der Waals surface area contributed by atoms with Crippen LogP contribution in [0.25, 0.3) is 11.0 Å². The average molecular weight is 558 g/mol. The van der Waals surface area contributed by atoms with Crippen LogP contribution in [0, 0.1) is 0 Å². The van der Waals surface area contributed by atoms with Crippen molar-refractivity contribution in [2.75, 3.05) is 26.2 Å². The van der Waals surface area contributed by atoms with Gasteiger partial charge in [0.2, 0.25) is 11.8 Å². The van der Waals surface area contributed by atoms with Crippen molar-refractivity contribution >= 4 is 34.9 Å². The maximum absolute atomic E-state index is 13.0. The molecule has 2 fully saturated rings. The van der Waals surface area contributed by atoms with Crippen LogP contribution in [0.4, 0.5) is 4.79 Å². The third kappa shape index (κ3) is 6.55. The third-order valence-corrected chi connectivity index (χ3v) is 7.49. The van der Waals surface area contributed by atoms with Gasteiger partial charge in [-0.15, -0.1) is 0 Å². The van der Waals surface area contributed by atoms with Gasteiger partial charge in [-0.1, -0.05) is 12.5 Å². The summed E-state index contributed by atoms with van der Waals surface area (Å²) in [6.45, 7) is 7.19. The van der Waals surface area contributed by atoms with Crippen molar-refractivity contribution in [1.82, 2.24) is 24.3 Å². The number of amides is 3. The molecule has 4 rings (SSSR count). The Kier molecular flexibility index (Phi) is 8.67. The number of aryl methyl sites for hydroxylation is 2. The Bertz CT molecular complexity index is 1360. The first-order valence-corrected chi connectivity index (χ1v) is 13.8. The van der Waals surface area contributed by atoms with Gasteiger partial charge in [-0.05, 0) is 70.7 Å². The van der Waals surface area contributed by atoms with Gasteiger partial charge >= 0.3 is 17.8 Å². The molecule has 3 heterocycles. The third-order valence-electron chi connectivity index (χ3n) is 7.49. The number of aliphatic carboxylic acids is 1. The highest BCUT2D eigenvalue weighted by Crippen LogP contribution is 2.24. The summed E-state index contributed by atoms with van der Waals surface area (Å²) in [6.07, 6.45) is 3.49. The van der Waals surface area contributed by atoms with Crippen LogP contribution in [-0.2, 0) is 32.6 Å². The zero-order valence-corrected chi connectivity index (χ0v) is 23.6. The van der Waals surface area contributed by atoms with Gasteiger partial charge in [0.15, 0.2) is 0 Å². The number of imide groups is 1. The van der Waals surface area contributed by atoms with Gasteiger partial charge in [0.05, 0.1) is 11.0 Å². The number of piperidine rings is 1. The summed E-state index contributed by atoms with van der Waals surface area (Å²) < 4.78 is 8.40. The molecule has 40 heavy (non-hydrogen) atoms. The highest BCUT2D eigenvalue weighted by atomic mass is 16.6. The van der Waals surface area contributed by atoms with Crippen LogP contribution in [0.15, 0.2) is 23.0 Å². The summed E-state index contributed by atoms with van der Waals surface area (Å²) in [6, 6.07) is 4.18. The number of piperazine rings is 1. The number of carboxylic acid groups (broad SMARTS) is 1. The molecule has 0 radical (unpaired) electrons. The number of hydrogen-bond acceptors (Lipinski definition) is 7. The number of ether oxygens (including phenoxy) is 1. The number of hydrogen-bond donors (Lipinski definition) is 2. The lowest BCUT2D eigenvalue weighted by Crippen LogP contribution is -2.59. The second-order valence-corrected chi connectivity index (χ2v) is 11.6. The molecule has 0 saturated carbocycles. The van der Waals surface area contributed by atoms with Gasteiger partial charge in [-0.3, -0.25) is 33.8 Å². The molecular formula is C28H39N5O7. The second-order valence-electron chi connectivity index (χ2n) is 11.6. The molecule has 2 atom stereocenters. The van der Waals surface area contributed by atoms with Gasteiger partial charge in [0.1, 0.15) is 17.7 Å². The van der Waals surface area contributed by atoms with E-state index in [2.05, 4.69) is 10.2 Å². The largest absolute Gasteiger partial charge is 0.480 e. The van der Waals surface area contributed by atoms with E-state index < -0.39 is 35.7 Å². The number of carboxylic acids is 1. The van der Waals surface area contributed by atoms with Crippen molar-refractivity contribution < 1.29 is 29.0 Å². The van der Waals surface area contributed by atoms with Crippen LogP contribution in [0.1, 0.15) is 64.5 Å². The summed E-state index contributed by atoms with van der Waals surface area (Å²) >= 11 is 0. The Morgan fingerprint density at radius 3 is 2.50 bits per heavy atom. The van der Waals surface area contributed by atoms with Gasteiger partial charge in [-0.2, -0.15) is 0 Å². The molecule has 2 saturated heterocycles. The lowest BCUT2D eigenvalue weighted by molar-refractivity contribution is -0.145. The number of carbonyl (C=O) groups is 4. The minimum Gasteiger partial charge on any atom is -0.480 e. The summed E-state index contributed by atoms with van der Waals surface area (Å²) in [7, 11) is 1.68. The van der Waals surface area contributed by atoms with Crippen LogP contribution < -0.4 is 11.0 Å². The first-order chi connectivity index (χ1) is 18.9. The fraction of sp³-hybridized carbons (Fsp3) is 0.607. The minimum atomic E-state index is -1.04. The Morgan fingerprint density at radius 1 is 1.07 bits per heavy atom. The van der Waals surface area contributed by atoms with Crippen molar-refractivity contribution in [3.8, 4) is 0 Å². The van der Waals surface area contributed by atoms with Crippen molar-refractivity contribution in [1.29, 1.82) is 0 Å². The number of nitrogens with one attached hydrogen (secondary N) is 1. The van der Waals surface area contributed by atoms with Crippen LogP contribution in [0.5, 0.6) is 0 Å². The van der Waals surface area contributed by atoms with E-state index in [1.807, 2.05) is 18.2 Å². The zero-order chi connectivity index (χ0) is 29.2. The number of fused-ring (bicyclic) bond motifs is 1. The first-order valence-electron chi connectivity index (χ1n) is 13.8. The Labute approximate surface area is 232 Å². The molecule has 218 valence electrons. The molecular weight excluding hydrogens is 518 g/mol. The molecule has 2 aliphatic rings. The van der Waals surface area contributed by atoms with E-state index in [0.29, 0.717) is 25.0 Å². The number of nitrogens with zero attached hydrogens (tertiary/aromatic N) is 4. The van der Waals surface area contributed by atoms with Gasteiger partial charge in [0, 0.05) is 33.1 Å². The fourth-order valence-corrected chi connectivity index (χ4v) is 5.43. The first kappa shape index (κ1) is 29.3. The number of unbranched alkanes of at least 4 members (excludes halogenated alkanes) is 2. The predicted octanol–water partition coefficient (Wildman–Crippen LogP) is 2.04. The van der Waals surface area contributed by atoms with Crippen LogP contribution in [-0.4, -0.2) is 85.7 Å². The van der Waals surface area contributed by atoms with Crippen molar-refractivity contribution in [2.24, 2.45) is 7.05 Å². The molecule has 2 N–H and O–H groups in total. The highest BCUT2D eigenvalue weighted by molar-refractivity contribution is 6.00. The van der Waals surface area contributed by atoms with Crippen molar-refractivity contribution in [3.05, 3.63) is 34.2 Å². The lowest BCUT2D eigenvalue weighted by atomic mass is 10.0. The number of imidazole rings is 1. The molecule has 0 spiro atoms. The van der Waals surface area contributed by atoms with E-state index >= 15 is 0 Å². The lowest BCUT2D eigenvalue weighted by Gasteiger charge is -2.39. The highest BCUT2D eigenvalue weighted by Gasteiger charge is 2.37. The quantitative estimate of drug-likeness (QED) is 0.371. The molecule has 1 aromatic heterocycles. The van der Waals surface area contributed by atoms with E-state index in [0.717, 1.165) is 43.3 Å². The summed E-state index contributed by atoms with van der Waals surface area (Å²) in [5.41, 5.74) is 1.53. The topological polar surface area (TPSA) is 143 Å². The van der Waals surface area contributed by atoms with E-state index in [9.17, 15) is 29.1 Å². The number of rotatable bonds is 8. The maximum atomic E-state index is 13.0. The Hall–Kier alpha value is -3.67. The second kappa shape index (κ2) is 11.8. The van der Waals surface area contributed by atoms with Gasteiger partial charge < -0.3 is 9.84 Å². The number of benzene rings is 1. The number of carbonyl (C=O) groups excluding carboxylic acids is 3. The normalized spacial score (nSPS) is 20.6. The molecule has 12 nitrogen and oxygen atoms in total. The SMILES string of the molecule is Cn1c(=O)n(C2CCC(=O)NC2=O)c2ccc(CCCCCN3CCN(C(=O)OC(C)(C)C)[C@@H](C(=O)O)C3)cc21. The average Bonchev–Trinajstić information content (AvgIpc) is 3.12. The van der Waals surface area contributed by atoms with E-state index in [1.54, 1.807) is 32.4 Å².